The highest BCUT2D eigenvalue weighted by atomic mass is 16.5. The van der Waals surface area contributed by atoms with Gasteiger partial charge in [-0.05, 0) is 30.4 Å². The van der Waals surface area contributed by atoms with Crippen LogP contribution in [0.25, 0.3) is 10.9 Å². The molecule has 0 atom stereocenters. The van der Waals surface area contributed by atoms with Crippen molar-refractivity contribution in [3.8, 4) is 0 Å². The Morgan fingerprint density at radius 3 is 2.48 bits per heavy atom. The molecule has 144 valence electrons. The fourth-order valence-electron chi connectivity index (χ4n) is 4.13. The minimum Gasteiger partial charge on any atom is -0.378 e. The highest BCUT2D eigenvalue weighted by Crippen LogP contribution is 2.21. The number of piperidine rings is 1. The first-order valence-corrected chi connectivity index (χ1v) is 9.90. The smallest absolute Gasteiger partial charge is 0.225 e. The normalized spacial score (nSPS) is 18.8. The maximum atomic E-state index is 12.6. The molecular formula is C21H27N3O3. The zero-order valence-electron chi connectivity index (χ0n) is 15.7. The molecule has 0 spiro atoms. The summed E-state index contributed by atoms with van der Waals surface area (Å²) in [7, 11) is 0. The molecule has 0 aliphatic carbocycles. The van der Waals surface area contributed by atoms with E-state index in [0.717, 1.165) is 12.8 Å². The van der Waals surface area contributed by atoms with Gasteiger partial charge in [0.2, 0.25) is 11.8 Å². The maximum absolute atomic E-state index is 12.6. The van der Waals surface area contributed by atoms with E-state index in [4.69, 9.17) is 4.74 Å². The highest BCUT2D eigenvalue weighted by Gasteiger charge is 2.30. The molecule has 0 unspecified atom stereocenters. The second kappa shape index (κ2) is 8.13. The average Bonchev–Trinajstić information content (AvgIpc) is 3.15. The number of para-hydroxylation sites is 1. The maximum Gasteiger partial charge on any atom is 0.225 e. The first kappa shape index (κ1) is 18.0. The lowest BCUT2D eigenvalue weighted by Crippen LogP contribution is -2.47. The molecule has 6 heteroatoms. The molecule has 2 aromatic rings. The van der Waals surface area contributed by atoms with Gasteiger partial charge in [0.1, 0.15) is 0 Å². The first-order chi connectivity index (χ1) is 13.2. The number of aromatic nitrogens is 1. The monoisotopic (exact) mass is 369 g/mol. The van der Waals surface area contributed by atoms with E-state index < -0.39 is 0 Å². The third kappa shape index (κ3) is 4.00. The van der Waals surface area contributed by atoms with Gasteiger partial charge in [-0.2, -0.15) is 0 Å². The van der Waals surface area contributed by atoms with Crippen LogP contribution in [0.3, 0.4) is 0 Å². The van der Waals surface area contributed by atoms with Gasteiger partial charge in [-0.25, -0.2) is 0 Å². The fraction of sp³-hybridized carbons (Fsp3) is 0.524. The van der Waals surface area contributed by atoms with Crippen molar-refractivity contribution in [2.45, 2.75) is 25.8 Å². The minimum atomic E-state index is 0.0561. The number of likely N-dealkylation sites (tertiary alicyclic amines) is 1. The van der Waals surface area contributed by atoms with E-state index in [0.29, 0.717) is 52.4 Å². The van der Waals surface area contributed by atoms with Crippen LogP contribution in [-0.4, -0.2) is 65.6 Å². The van der Waals surface area contributed by atoms with Crippen LogP contribution in [0.4, 0.5) is 0 Å². The number of nitrogens with zero attached hydrogens (tertiary/aromatic N) is 3. The number of rotatable bonds is 4. The summed E-state index contributed by atoms with van der Waals surface area (Å²) in [5, 5.41) is 1.20. The van der Waals surface area contributed by atoms with Crippen molar-refractivity contribution in [1.82, 2.24) is 14.4 Å². The number of hydrogen-bond donors (Lipinski definition) is 0. The lowest BCUT2D eigenvalue weighted by atomic mass is 9.95. The molecule has 0 N–H and O–H groups in total. The predicted octanol–water partition coefficient (Wildman–Crippen LogP) is 2.13. The molecular weight excluding hydrogens is 342 g/mol. The van der Waals surface area contributed by atoms with Crippen molar-refractivity contribution in [3.63, 3.8) is 0 Å². The van der Waals surface area contributed by atoms with Gasteiger partial charge in [-0.3, -0.25) is 9.59 Å². The van der Waals surface area contributed by atoms with Gasteiger partial charge in [0.25, 0.3) is 0 Å². The van der Waals surface area contributed by atoms with Crippen LogP contribution in [0, 0.1) is 5.92 Å². The lowest BCUT2D eigenvalue weighted by Gasteiger charge is -2.35. The first-order valence-electron chi connectivity index (χ1n) is 9.90. The van der Waals surface area contributed by atoms with Crippen LogP contribution in [0.2, 0.25) is 0 Å². The number of aryl methyl sites for hydroxylation is 1. The topological polar surface area (TPSA) is 54.8 Å². The van der Waals surface area contributed by atoms with Crippen molar-refractivity contribution < 1.29 is 14.3 Å². The van der Waals surface area contributed by atoms with Gasteiger partial charge in [0.15, 0.2) is 0 Å². The molecule has 2 saturated heterocycles. The summed E-state index contributed by atoms with van der Waals surface area (Å²) in [4.78, 5) is 29.1. The van der Waals surface area contributed by atoms with E-state index in [2.05, 4.69) is 22.8 Å². The van der Waals surface area contributed by atoms with Crippen LogP contribution >= 0.6 is 0 Å². The summed E-state index contributed by atoms with van der Waals surface area (Å²) in [6.07, 6.45) is 4.09. The van der Waals surface area contributed by atoms with Crippen molar-refractivity contribution >= 4 is 22.7 Å². The molecule has 27 heavy (non-hydrogen) atoms. The molecule has 1 aromatic heterocycles. The summed E-state index contributed by atoms with van der Waals surface area (Å²) in [5.74, 6) is 0.481. The molecule has 2 fully saturated rings. The molecule has 2 amide bonds. The SMILES string of the molecule is O=C(CCn1ccc2ccccc21)N1CCC(C(=O)N2CCOCC2)CC1. The van der Waals surface area contributed by atoms with E-state index in [9.17, 15) is 9.59 Å². The summed E-state index contributed by atoms with van der Waals surface area (Å²) >= 11 is 0. The van der Waals surface area contributed by atoms with Gasteiger partial charge < -0.3 is 19.1 Å². The van der Waals surface area contributed by atoms with Crippen molar-refractivity contribution in [3.05, 3.63) is 36.5 Å². The lowest BCUT2D eigenvalue weighted by molar-refractivity contribution is -0.143. The fourth-order valence-corrected chi connectivity index (χ4v) is 4.13. The summed E-state index contributed by atoms with van der Waals surface area (Å²) < 4.78 is 7.46. The van der Waals surface area contributed by atoms with Gasteiger partial charge in [0.05, 0.1) is 13.2 Å². The third-order valence-electron chi connectivity index (χ3n) is 5.77. The van der Waals surface area contributed by atoms with Crippen molar-refractivity contribution in [2.75, 3.05) is 39.4 Å². The summed E-state index contributed by atoms with van der Waals surface area (Å²) in [6.45, 7) is 4.73. The van der Waals surface area contributed by atoms with Crippen molar-refractivity contribution in [2.24, 2.45) is 5.92 Å². The van der Waals surface area contributed by atoms with Crippen LogP contribution in [0.1, 0.15) is 19.3 Å². The van der Waals surface area contributed by atoms with Gasteiger partial charge >= 0.3 is 0 Å². The summed E-state index contributed by atoms with van der Waals surface area (Å²) in [5.41, 5.74) is 1.17. The molecule has 0 saturated carbocycles. The molecule has 6 nitrogen and oxygen atoms in total. The van der Waals surface area contributed by atoms with Crippen molar-refractivity contribution in [1.29, 1.82) is 0 Å². The zero-order valence-corrected chi connectivity index (χ0v) is 15.7. The number of carbonyl (C=O) groups is 2. The Hall–Kier alpha value is -2.34. The number of carbonyl (C=O) groups excluding carboxylic acids is 2. The van der Waals surface area contributed by atoms with Crippen LogP contribution < -0.4 is 0 Å². The Kier molecular flexibility index (Phi) is 5.43. The Morgan fingerprint density at radius 1 is 0.963 bits per heavy atom. The minimum absolute atomic E-state index is 0.0561. The molecule has 2 aliphatic rings. The van der Waals surface area contributed by atoms with E-state index in [1.54, 1.807) is 0 Å². The molecule has 2 aliphatic heterocycles. The number of hydrogen-bond acceptors (Lipinski definition) is 3. The number of morpholine rings is 1. The van der Waals surface area contributed by atoms with Crippen LogP contribution in [-0.2, 0) is 20.9 Å². The summed E-state index contributed by atoms with van der Waals surface area (Å²) in [6, 6.07) is 10.3. The predicted molar refractivity (Wildman–Crippen MR) is 103 cm³/mol. The molecule has 3 heterocycles. The van der Waals surface area contributed by atoms with Crippen LogP contribution in [0.5, 0.6) is 0 Å². The number of benzene rings is 1. The van der Waals surface area contributed by atoms with E-state index >= 15 is 0 Å². The van der Waals surface area contributed by atoms with Gasteiger partial charge in [-0.1, -0.05) is 18.2 Å². The Labute approximate surface area is 159 Å². The molecule has 0 bridgehead atoms. The van der Waals surface area contributed by atoms with E-state index in [-0.39, 0.29) is 17.7 Å². The molecule has 4 rings (SSSR count). The van der Waals surface area contributed by atoms with E-state index in [1.165, 1.54) is 10.9 Å². The van der Waals surface area contributed by atoms with Gasteiger partial charge in [0, 0.05) is 56.8 Å². The van der Waals surface area contributed by atoms with Gasteiger partial charge in [-0.15, -0.1) is 0 Å². The molecule has 0 radical (unpaired) electrons. The third-order valence-corrected chi connectivity index (χ3v) is 5.77. The zero-order chi connectivity index (χ0) is 18.6. The standard InChI is InChI=1S/C21H27N3O3/c25-20(8-12-22-9-5-17-3-1-2-4-19(17)22)23-10-6-18(7-11-23)21(26)24-13-15-27-16-14-24/h1-5,9,18H,6-8,10-16H2. The Bertz CT molecular complexity index is 802. The van der Waals surface area contributed by atoms with Crippen LogP contribution in [0.15, 0.2) is 36.5 Å². The second-order valence-electron chi connectivity index (χ2n) is 7.41. The number of fused-ring (bicyclic) bond motifs is 1. The number of ether oxygens (including phenoxy) is 1. The quantitative estimate of drug-likeness (QED) is 0.830. The largest absolute Gasteiger partial charge is 0.378 e. The number of amides is 2. The Balaban J connectivity index is 1.26. The van der Waals surface area contributed by atoms with E-state index in [1.807, 2.05) is 28.1 Å². The highest BCUT2D eigenvalue weighted by molar-refractivity contribution is 5.81. The molecule has 1 aromatic carbocycles. The Morgan fingerprint density at radius 2 is 1.70 bits per heavy atom. The average molecular weight is 369 g/mol. The second-order valence-corrected chi connectivity index (χ2v) is 7.41.